The van der Waals surface area contributed by atoms with Gasteiger partial charge in [0.2, 0.25) is 5.91 Å². The van der Waals surface area contributed by atoms with Gasteiger partial charge in [0.15, 0.2) is 0 Å². The first-order valence-corrected chi connectivity index (χ1v) is 8.03. The van der Waals surface area contributed by atoms with E-state index in [4.69, 9.17) is 0 Å². The zero-order valence-corrected chi connectivity index (χ0v) is 13.3. The fourth-order valence-corrected chi connectivity index (χ4v) is 2.93. The van der Waals surface area contributed by atoms with Crippen molar-refractivity contribution in [2.24, 2.45) is 0 Å². The van der Waals surface area contributed by atoms with Crippen LogP contribution in [0.2, 0.25) is 0 Å². The zero-order chi connectivity index (χ0) is 16.1. The highest BCUT2D eigenvalue weighted by atomic mass is 16.2. The molecule has 1 amide bonds. The lowest BCUT2D eigenvalue weighted by Crippen LogP contribution is -2.41. The third kappa shape index (κ3) is 3.92. The number of nitrogens with one attached hydrogen (secondary N) is 2. The molecule has 1 aromatic carbocycles. The molecule has 2 atom stereocenters. The Hall–Kier alpha value is -2.28. The number of carbonyl (C=O) groups is 1. The molecule has 0 spiro atoms. The van der Waals surface area contributed by atoms with Gasteiger partial charge in [-0.2, -0.15) is 0 Å². The number of aromatic nitrogens is 4. The van der Waals surface area contributed by atoms with Gasteiger partial charge >= 0.3 is 0 Å². The van der Waals surface area contributed by atoms with Crippen molar-refractivity contribution in [2.45, 2.75) is 38.3 Å². The van der Waals surface area contributed by atoms with E-state index in [0.29, 0.717) is 24.8 Å². The third-order valence-electron chi connectivity index (χ3n) is 4.21. The summed E-state index contributed by atoms with van der Waals surface area (Å²) < 4.78 is 1.60. The monoisotopic (exact) mass is 314 g/mol. The molecule has 23 heavy (non-hydrogen) atoms. The molecule has 0 saturated carbocycles. The molecule has 2 heterocycles. The van der Waals surface area contributed by atoms with Crippen LogP contribution in [0.4, 0.5) is 0 Å². The lowest BCUT2D eigenvalue weighted by atomic mass is 10.1. The van der Waals surface area contributed by atoms with Crippen molar-refractivity contribution >= 4 is 5.91 Å². The summed E-state index contributed by atoms with van der Waals surface area (Å²) in [6.07, 6.45) is 2.84. The van der Waals surface area contributed by atoms with Gasteiger partial charge in [0.1, 0.15) is 11.9 Å². The molecule has 1 fully saturated rings. The Morgan fingerprint density at radius 3 is 2.91 bits per heavy atom. The van der Waals surface area contributed by atoms with Crippen molar-refractivity contribution in [2.75, 3.05) is 13.1 Å². The second kappa shape index (κ2) is 7.32. The number of tetrazole rings is 1. The van der Waals surface area contributed by atoms with Crippen LogP contribution in [0.3, 0.4) is 0 Å². The number of benzene rings is 1. The minimum absolute atomic E-state index is 0.0436. The van der Waals surface area contributed by atoms with Crippen molar-refractivity contribution in [1.82, 2.24) is 30.8 Å². The Morgan fingerprint density at radius 2 is 2.26 bits per heavy atom. The second-order valence-electron chi connectivity index (χ2n) is 5.91. The smallest absolute Gasteiger partial charge is 0.245 e. The third-order valence-corrected chi connectivity index (χ3v) is 4.21. The minimum atomic E-state index is -0.436. The van der Waals surface area contributed by atoms with E-state index in [9.17, 15) is 4.79 Å². The van der Waals surface area contributed by atoms with E-state index < -0.39 is 6.04 Å². The number of carbonyl (C=O) groups excluding carboxylic acids is 1. The van der Waals surface area contributed by atoms with E-state index in [-0.39, 0.29) is 5.91 Å². The first-order valence-electron chi connectivity index (χ1n) is 8.03. The lowest BCUT2D eigenvalue weighted by Gasteiger charge is -2.19. The SMILES string of the molecule is Cc1nnnn1C(Cc1ccccc1)C(=O)NCC1CCCN1. The van der Waals surface area contributed by atoms with Gasteiger partial charge in [-0.25, -0.2) is 4.68 Å². The topological polar surface area (TPSA) is 84.7 Å². The van der Waals surface area contributed by atoms with E-state index in [1.165, 1.54) is 6.42 Å². The fraction of sp³-hybridized carbons (Fsp3) is 0.500. The highest BCUT2D eigenvalue weighted by molar-refractivity contribution is 5.80. The normalized spacial score (nSPS) is 18.7. The average Bonchev–Trinajstić information content (AvgIpc) is 3.23. The van der Waals surface area contributed by atoms with E-state index in [1.54, 1.807) is 4.68 Å². The Bertz CT molecular complexity index is 635. The van der Waals surface area contributed by atoms with Gasteiger partial charge in [-0.05, 0) is 42.3 Å². The predicted octanol–water partition coefficient (Wildman–Crippen LogP) is 0.634. The molecule has 1 aliphatic rings. The second-order valence-corrected chi connectivity index (χ2v) is 5.91. The number of hydrogen-bond acceptors (Lipinski definition) is 5. The van der Waals surface area contributed by atoms with Crippen LogP contribution >= 0.6 is 0 Å². The lowest BCUT2D eigenvalue weighted by molar-refractivity contribution is -0.124. The van der Waals surface area contributed by atoms with Crippen molar-refractivity contribution in [3.05, 3.63) is 41.7 Å². The van der Waals surface area contributed by atoms with Crippen LogP contribution < -0.4 is 10.6 Å². The maximum atomic E-state index is 12.7. The van der Waals surface area contributed by atoms with Crippen LogP contribution in [-0.4, -0.2) is 45.2 Å². The predicted molar refractivity (Wildman–Crippen MR) is 85.8 cm³/mol. The van der Waals surface area contributed by atoms with Crippen LogP contribution in [0.15, 0.2) is 30.3 Å². The van der Waals surface area contributed by atoms with Crippen LogP contribution in [0.5, 0.6) is 0 Å². The molecule has 0 aliphatic carbocycles. The fourth-order valence-electron chi connectivity index (χ4n) is 2.93. The summed E-state index contributed by atoms with van der Waals surface area (Å²) in [5, 5.41) is 18.0. The molecule has 2 unspecified atom stereocenters. The standard InChI is InChI=1S/C16H22N6O/c1-12-19-20-21-22(12)15(10-13-6-3-2-4-7-13)16(23)18-11-14-8-5-9-17-14/h2-4,6-7,14-15,17H,5,8-11H2,1H3,(H,18,23). The average molecular weight is 314 g/mol. The van der Waals surface area contributed by atoms with Crippen molar-refractivity contribution < 1.29 is 4.79 Å². The number of hydrogen-bond donors (Lipinski definition) is 2. The molecule has 7 heteroatoms. The summed E-state index contributed by atoms with van der Waals surface area (Å²) >= 11 is 0. The Kier molecular flexibility index (Phi) is 4.97. The molecular weight excluding hydrogens is 292 g/mol. The molecule has 2 aromatic rings. The Labute approximate surface area is 135 Å². The van der Waals surface area contributed by atoms with Gasteiger partial charge in [0.25, 0.3) is 0 Å². The van der Waals surface area contributed by atoms with Gasteiger partial charge in [-0.3, -0.25) is 4.79 Å². The highest BCUT2D eigenvalue weighted by Crippen LogP contribution is 2.15. The molecule has 1 saturated heterocycles. The molecule has 1 aliphatic heterocycles. The molecule has 122 valence electrons. The van der Waals surface area contributed by atoms with Crippen LogP contribution in [0.1, 0.15) is 30.3 Å². The van der Waals surface area contributed by atoms with Gasteiger partial charge in [-0.15, -0.1) is 5.10 Å². The van der Waals surface area contributed by atoms with Crippen molar-refractivity contribution in [1.29, 1.82) is 0 Å². The molecule has 3 rings (SSSR count). The van der Waals surface area contributed by atoms with Crippen LogP contribution in [-0.2, 0) is 11.2 Å². The first kappa shape index (κ1) is 15.6. The van der Waals surface area contributed by atoms with Gasteiger partial charge < -0.3 is 10.6 Å². The molecule has 0 bridgehead atoms. The Morgan fingerprint density at radius 1 is 1.43 bits per heavy atom. The summed E-state index contributed by atoms with van der Waals surface area (Å²) in [5.41, 5.74) is 1.08. The van der Waals surface area contributed by atoms with Gasteiger partial charge in [0.05, 0.1) is 0 Å². The van der Waals surface area contributed by atoms with Crippen LogP contribution in [0, 0.1) is 6.92 Å². The highest BCUT2D eigenvalue weighted by Gasteiger charge is 2.25. The summed E-state index contributed by atoms with van der Waals surface area (Å²) in [7, 11) is 0. The summed E-state index contributed by atoms with van der Waals surface area (Å²) in [4.78, 5) is 12.7. The van der Waals surface area contributed by atoms with E-state index in [0.717, 1.165) is 18.5 Å². The maximum Gasteiger partial charge on any atom is 0.245 e. The minimum Gasteiger partial charge on any atom is -0.353 e. The first-order chi connectivity index (χ1) is 11.2. The Balaban J connectivity index is 1.71. The van der Waals surface area contributed by atoms with E-state index in [2.05, 4.69) is 26.2 Å². The van der Waals surface area contributed by atoms with E-state index in [1.807, 2.05) is 37.3 Å². The molecule has 1 aromatic heterocycles. The zero-order valence-electron chi connectivity index (χ0n) is 13.3. The van der Waals surface area contributed by atoms with Gasteiger partial charge in [0, 0.05) is 19.0 Å². The summed E-state index contributed by atoms with van der Waals surface area (Å²) in [6.45, 7) is 3.48. The largest absolute Gasteiger partial charge is 0.353 e. The van der Waals surface area contributed by atoms with Crippen LogP contribution in [0.25, 0.3) is 0 Å². The number of amides is 1. The number of rotatable bonds is 6. The van der Waals surface area contributed by atoms with Crippen molar-refractivity contribution in [3.63, 3.8) is 0 Å². The molecule has 2 N–H and O–H groups in total. The molecule has 7 nitrogen and oxygen atoms in total. The van der Waals surface area contributed by atoms with Gasteiger partial charge in [-0.1, -0.05) is 30.3 Å². The maximum absolute atomic E-state index is 12.7. The quantitative estimate of drug-likeness (QED) is 0.817. The van der Waals surface area contributed by atoms with Crippen molar-refractivity contribution in [3.8, 4) is 0 Å². The molecular formula is C16H22N6O. The van der Waals surface area contributed by atoms with E-state index >= 15 is 0 Å². The number of aryl methyl sites for hydroxylation is 1. The summed E-state index contributed by atoms with van der Waals surface area (Å²) in [5.74, 6) is 0.595. The summed E-state index contributed by atoms with van der Waals surface area (Å²) in [6, 6.07) is 9.86. The number of nitrogens with zero attached hydrogens (tertiary/aromatic N) is 4. The molecule has 0 radical (unpaired) electrons.